The predicted octanol–water partition coefficient (Wildman–Crippen LogP) is 3.68. The van der Waals surface area contributed by atoms with E-state index in [1.165, 1.54) is 22.5 Å². The maximum absolute atomic E-state index is 4.50. The first-order valence-corrected chi connectivity index (χ1v) is 7.44. The van der Waals surface area contributed by atoms with Crippen LogP contribution in [-0.4, -0.2) is 22.2 Å². The molecule has 0 radical (unpaired) electrons. The van der Waals surface area contributed by atoms with Gasteiger partial charge < -0.3 is 5.32 Å². The van der Waals surface area contributed by atoms with Crippen LogP contribution in [0.1, 0.15) is 5.56 Å². The first-order chi connectivity index (χ1) is 9.28. The lowest BCUT2D eigenvalue weighted by Crippen LogP contribution is -1.84. The first kappa shape index (κ1) is 12.3. The van der Waals surface area contributed by atoms with Crippen LogP contribution < -0.4 is 5.32 Å². The van der Waals surface area contributed by atoms with Gasteiger partial charge in [-0.15, -0.1) is 21.5 Å². The molecule has 4 nitrogen and oxygen atoms in total. The molecule has 1 aromatic carbocycles. The fourth-order valence-electron chi connectivity index (χ4n) is 1.73. The van der Waals surface area contributed by atoms with Crippen molar-refractivity contribution in [3.63, 3.8) is 0 Å². The fourth-order valence-corrected chi connectivity index (χ4v) is 3.47. The highest BCUT2D eigenvalue weighted by atomic mass is 32.1. The van der Waals surface area contributed by atoms with E-state index in [2.05, 4.69) is 39.6 Å². The molecule has 0 aliphatic heterocycles. The van der Waals surface area contributed by atoms with Crippen molar-refractivity contribution in [1.82, 2.24) is 15.2 Å². The predicted molar refractivity (Wildman–Crippen MR) is 80.7 cm³/mol. The number of nitrogens with zero attached hydrogens (tertiary/aromatic N) is 3. The molecule has 19 heavy (non-hydrogen) atoms. The Kier molecular flexibility index (Phi) is 3.27. The summed E-state index contributed by atoms with van der Waals surface area (Å²) >= 11 is 3.18. The molecule has 0 fully saturated rings. The van der Waals surface area contributed by atoms with Crippen molar-refractivity contribution in [3.05, 3.63) is 36.0 Å². The van der Waals surface area contributed by atoms with Crippen molar-refractivity contribution in [3.8, 4) is 20.5 Å². The second-order valence-corrected chi connectivity index (χ2v) is 6.02. The molecule has 3 rings (SSSR count). The number of hydrogen-bond donors (Lipinski definition) is 1. The van der Waals surface area contributed by atoms with Crippen LogP contribution in [0.4, 0.5) is 5.13 Å². The van der Waals surface area contributed by atoms with Gasteiger partial charge in [0.15, 0.2) is 5.01 Å². The van der Waals surface area contributed by atoms with Gasteiger partial charge in [-0.3, -0.25) is 0 Å². The molecule has 96 valence electrons. The summed E-state index contributed by atoms with van der Waals surface area (Å²) in [6.07, 6.45) is 1.87. The average Bonchev–Trinajstić information content (AvgIpc) is 3.08. The van der Waals surface area contributed by atoms with E-state index >= 15 is 0 Å². The molecule has 0 saturated carbocycles. The lowest BCUT2D eigenvalue weighted by Gasteiger charge is -1.99. The fraction of sp³-hybridized carbons (Fsp3) is 0.154. The summed E-state index contributed by atoms with van der Waals surface area (Å²) in [5.74, 6) is 0. The van der Waals surface area contributed by atoms with Gasteiger partial charge in [-0.1, -0.05) is 35.6 Å². The smallest absolute Gasteiger partial charge is 0.205 e. The number of aromatic nitrogens is 3. The van der Waals surface area contributed by atoms with Gasteiger partial charge in [-0.2, -0.15) is 0 Å². The van der Waals surface area contributed by atoms with Crippen LogP contribution in [0.3, 0.4) is 0 Å². The molecule has 0 aliphatic carbocycles. The van der Waals surface area contributed by atoms with Gasteiger partial charge in [0.25, 0.3) is 0 Å². The summed E-state index contributed by atoms with van der Waals surface area (Å²) in [5, 5.41) is 14.0. The SMILES string of the molecule is CNc1nnc(-c2cnc(-c3ccccc3C)s2)s1. The minimum absolute atomic E-state index is 0.820. The maximum Gasteiger partial charge on any atom is 0.205 e. The van der Waals surface area contributed by atoms with Crippen molar-refractivity contribution in [2.24, 2.45) is 0 Å². The Morgan fingerprint density at radius 1 is 1.05 bits per heavy atom. The molecule has 2 heterocycles. The normalized spacial score (nSPS) is 10.6. The van der Waals surface area contributed by atoms with Crippen molar-refractivity contribution in [2.45, 2.75) is 6.92 Å². The monoisotopic (exact) mass is 288 g/mol. The van der Waals surface area contributed by atoms with E-state index in [4.69, 9.17) is 0 Å². The molecule has 0 saturated heterocycles. The lowest BCUT2D eigenvalue weighted by molar-refractivity contribution is 1.09. The molecular formula is C13H12N4S2. The molecule has 2 aromatic heterocycles. The minimum atomic E-state index is 0.820. The third-order valence-corrected chi connectivity index (χ3v) is 4.87. The highest BCUT2D eigenvalue weighted by Crippen LogP contribution is 2.35. The quantitative estimate of drug-likeness (QED) is 0.798. The van der Waals surface area contributed by atoms with E-state index < -0.39 is 0 Å². The van der Waals surface area contributed by atoms with Crippen LogP contribution in [0.15, 0.2) is 30.5 Å². The van der Waals surface area contributed by atoms with Crippen molar-refractivity contribution >= 4 is 27.8 Å². The zero-order valence-corrected chi connectivity index (χ0v) is 12.2. The van der Waals surface area contributed by atoms with E-state index in [9.17, 15) is 0 Å². The highest BCUT2D eigenvalue weighted by Gasteiger charge is 2.11. The van der Waals surface area contributed by atoms with Gasteiger partial charge in [-0.25, -0.2) is 4.98 Å². The standard InChI is InChI=1S/C13H12N4S2/c1-8-5-3-4-6-9(8)11-15-7-10(18-11)12-16-17-13(14-2)19-12/h3-7H,1-2H3,(H,14,17). The third kappa shape index (κ3) is 2.36. The van der Waals surface area contributed by atoms with Crippen molar-refractivity contribution < 1.29 is 0 Å². The molecule has 0 atom stereocenters. The Morgan fingerprint density at radius 2 is 1.89 bits per heavy atom. The minimum Gasteiger partial charge on any atom is -0.363 e. The largest absolute Gasteiger partial charge is 0.363 e. The number of anilines is 1. The number of rotatable bonds is 3. The third-order valence-electron chi connectivity index (χ3n) is 2.73. The summed E-state index contributed by atoms with van der Waals surface area (Å²) in [7, 11) is 1.84. The molecular weight excluding hydrogens is 276 g/mol. The summed E-state index contributed by atoms with van der Waals surface area (Å²) in [5.41, 5.74) is 2.41. The van der Waals surface area contributed by atoms with E-state index in [1.54, 1.807) is 11.3 Å². The van der Waals surface area contributed by atoms with Crippen molar-refractivity contribution in [1.29, 1.82) is 0 Å². The van der Waals surface area contributed by atoms with Gasteiger partial charge in [0.05, 0.1) is 4.88 Å². The van der Waals surface area contributed by atoms with Gasteiger partial charge in [0, 0.05) is 18.8 Å². The van der Waals surface area contributed by atoms with E-state index in [0.29, 0.717) is 0 Å². The molecule has 1 N–H and O–H groups in total. The average molecular weight is 288 g/mol. The van der Waals surface area contributed by atoms with Crippen LogP contribution in [-0.2, 0) is 0 Å². The number of benzene rings is 1. The second kappa shape index (κ2) is 5.07. The summed E-state index contributed by atoms with van der Waals surface area (Å²) in [6.45, 7) is 2.10. The Bertz CT molecular complexity index is 702. The van der Waals surface area contributed by atoms with Crippen molar-refractivity contribution in [2.75, 3.05) is 12.4 Å². The molecule has 0 amide bonds. The Labute approximate surface area is 119 Å². The summed E-state index contributed by atoms with van der Waals surface area (Å²) in [4.78, 5) is 5.55. The second-order valence-electron chi connectivity index (χ2n) is 4.01. The van der Waals surface area contributed by atoms with Gasteiger partial charge >= 0.3 is 0 Å². The van der Waals surface area contributed by atoms with E-state index in [1.807, 2.05) is 25.4 Å². The zero-order valence-electron chi connectivity index (χ0n) is 10.5. The Hall–Kier alpha value is -1.79. The molecule has 0 aliphatic rings. The van der Waals surface area contributed by atoms with Gasteiger partial charge in [-0.05, 0) is 12.5 Å². The number of hydrogen-bond acceptors (Lipinski definition) is 6. The number of thiazole rings is 1. The van der Waals surface area contributed by atoms with E-state index in [-0.39, 0.29) is 0 Å². The van der Waals surface area contributed by atoms with Gasteiger partial charge in [0.2, 0.25) is 5.13 Å². The van der Waals surface area contributed by atoms with Gasteiger partial charge in [0.1, 0.15) is 5.01 Å². The molecule has 0 unspecified atom stereocenters. The van der Waals surface area contributed by atoms with Crippen LogP contribution in [0.2, 0.25) is 0 Å². The molecule has 3 aromatic rings. The number of nitrogens with one attached hydrogen (secondary N) is 1. The molecule has 0 spiro atoms. The molecule has 0 bridgehead atoms. The van der Waals surface area contributed by atoms with Crippen LogP contribution in [0, 0.1) is 6.92 Å². The highest BCUT2D eigenvalue weighted by molar-refractivity contribution is 7.24. The zero-order chi connectivity index (χ0) is 13.2. The first-order valence-electron chi connectivity index (χ1n) is 5.81. The number of aryl methyl sites for hydroxylation is 1. The van der Waals surface area contributed by atoms with Crippen LogP contribution >= 0.6 is 22.7 Å². The Morgan fingerprint density at radius 3 is 2.63 bits per heavy atom. The van der Waals surface area contributed by atoms with Crippen LogP contribution in [0.25, 0.3) is 20.5 Å². The topological polar surface area (TPSA) is 50.7 Å². The van der Waals surface area contributed by atoms with Crippen LogP contribution in [0.5, 0.6) is 0 Å². The van der Waals surface area contributed by atoms with E-state index in [0.717, 1.165) is 20.0 Å². The summed E-state index contributed by atoms with van der Waals surface area (Å²) < 4.78 is 0. The summed E-state index contributed by atoms with van der Waals surface area (Å²) in [6, 6.07) is 8.27. The lowest BCUT2D eigenvalue weighted by atomic mass is 10.1. The molecule has 6 heteroatoms. The maximum atomic E-state index is 4.50. The Balaban J connectivity index is 1.97.